The predicted octanol–water partition coefficient (Wildman–Crippen LogP) is 3.28. The van der Waals surface area contributed by atoms with Crippen molar-refractivity contribution < 1.29 is 9.53 Å². The van der Waals surface area contributed by atoms with E-state index in [1.165, 1.54) is 0 Å². The summed E-state index contributed by atoms with van der Waals surface area (Å²) in [5.74, 6) is 0. The summed E-state index contributed by atoms with van der Waals surface area (Å²) >= 11 is 16.3. The predicted molar refractivity (Wildman–Crippen MR) is 64.9 cm³/mol. The average molecular weight is 283 g/mol. The van der Waals surface area contributed by atoms with Crippen molar-refractivity contribution in [3.63, 3.8) is 0 Å². The van der Waals surface area contributed by atoms with E-state index < -0.39 is 9.89 Å². The van der Waals surface area contributed by atoms with Crippen molar-refractivity contribution in [1.29, 1.82) is 0 Å². The fourth-order valence-corrected chi connectivity index (χ4v) is 1.13. The van der Waals surface area contributed by atoms with E-state index in [1.807, 2.05) is 30.3 Å². The molecule has 0 aliphatic heterocycles. The van der Waals surface area contributed by atoms with Gasteiger partial charge in [0.25, 0.3) is 0 Å². The lowest BCUT2D eigenvalue weighted by Gasteiger charge is -2.11. The summed E-state index contributed by atoms with van der Waals surface area (Å²) < 4.78 is 3.10. The molecular weight excluding hydrogens is 272 g/mol. The maximum Gasteiger partial charge on any atom is 0.407 e. The second-order valence-corrected chi connectivity index (χ2v) is 5.55. The molecule has 1 rings (SSSR count). The third kappa shape index (κ3) is 6.05. The van der Waals surface area contributed by atoms with Crippen LogP contribution in [0.2, 0.25) is 0 Å². The molecule has 1 aromatic rings. The van der Waals surface area contributed by atoms with Gasteiger partial charge in [-0.2, -0.15) is 0 Å². The summed E-state index contributed by atoms with van der Waals surface area (Å²) in [5, 5.41) is 2.53. The summed E-state index contributed by atoms with van der Waals surface area (Å²) in [6.45, 7) is 0.0951. The van der Waals surface area contributed by atoms with Crippen molar-refractivity contribution >= 4 is 40.9 Å². The minimum Gasteiger partial charge on any atom is -0.445 e. The van der Waals surface area contributed by atoms with Gasteiger partial charge in [0, 0.05) is 6.54 Å². The number of carbonyl (C=O) groups excluding carboxylic acids is 1. The molecule has 0 saturated carbocycles. The molecule has 0 heterocycles. The molecule has 1 amide bonds. The summed E-state index contributed by atoms with van der Waals surface area (Å²) in [5.41, 5.74) is 0.966. The number of carbonyl (C=O) groups is 1. The Hall–Kier alpha value is -0.640. The largest absolute Gasteiger partial charge is 0.445 e. The maximum atomic E-state index is 11.2. The topological polar surface area (TPSA) is 38.3 Å². The van der Waals surface area contributed by atoms with Crippen molar-refractivity contribution in [2.45, 2.75) is 10.3 Å². The number of alkyl halides is 3. The molecule has 0 aliphatic rings. The number of alkyl carbamates (subject to hydrolysis) is 1. The zero-order valence-electron chi connectivity index (χ0n) is 8.25. The molecule has 16 heavy (non-hydrogen) atoms. The standard InChI is InChI=1S/C10H10Cl3NO2/c11-10(12,13)7-16-9(15)14-6-8-4-2-1-3-5-8/h1-5H,6-7H2,(H,14,15). The summed E-state index contributed by atoms with van der Waals surface area (Å²) in [7, 11) is 0. The van der Waals surface area contributed by atoms with Crippen molar-refractivity contribution in [1.82, 2.24) is 5.32 Å². The molecule has 3 nitrogen and oxygen atoms in total. The van der Waals surface area contributed by atoms with Gasteiger partial charge in [-0.05, 0) is 5.56 Å². The first-order valence-electron chi connectivity index (χ1n) is 4.49. The van der Waals surface area contributed by atoms with Crippen LogP contribution in [0.3, 0.4) is 0 Å². The van der Waals surface area contributed by atoms with Crippen molar-refractivity contribution in [3.8, 4) is 0 Å². The molecule has 0 spiro atoms. The number of ether oxygens (including phenoxy) is 1. The fraction of sp³-hybridized carbons (Fsp3) is 0.300. The summed E-state index contributed by atoms with van der Waals surface area (Å²) in [6, 6.07) is 9.42. The van der Waals surface area contributed by atoms with Gasteiger partial charge in [-0.3, -0.25) is 0 Å². The number of nitrogens with one attached hydrogen (secondary N) is 1. The van der Waals surface area contributed by atoms with Crippen LogP contribution in [0, 0.1) is 0 Å². The molecule has 0 atom stereocenters. The Morgan fingerprint density at radius 1 is 1.25 bits per heavy atom. The van der Waals surface area contributed by atoms with Crippen LogP contribution in [0.4, 0.5) is 4.79 Å². The molecule has 0 bridgehead atoms. The molecule has 1 aromatic carbocycles. The van der Waals surface area contributed by atoms with Crippen LogP contribution in [-0.4, -0.2) is 16.5 Å². The first-order chi connectivity index (χ1) is 7.47. The van der Waals surface area contributed by atoms with Crippen LogP contribution in [0.5, 0.6) is 0 Å². The molecule has 0 unspecified atom stereocenters. The number of benzene rings is 1. The first kappa shape index (κ1) is 13.4. The number of hydrogen-bond donors (Lipinski definition) is 1. The Balaban J connectivity index is 2.26. The molecule has 88 valence electrons. The Kier molecular flexibility index (Phi) is 5.19. The highest BCUT2D eigenvalue weighted by Crippen LogP contribution is 2.25. The van der Waals surface area contributed by atoms with Crippen LogP contribution < -0.4 is 5.32 Å². The lowest BCUT2D eigenvalue weighted by atomic mass is 10.2. The van der Waals surface area contributed by atoms with Crippen molar-refractivity contribution in [2.75, 3.05) is 6.61 Å². The van der Waals surface area contributed by atoms with Gasteiger partial charge in [0.15, 0.2) is 0 Å². The van der Waals surface area contributed by atoms with Gasteiger partial charge >= 0.3 is 6.09 Å². The first-order valence-corrected chi connectivity index (χ1v) is 5.62. The number of rotatable bonds is 3. The van der Waals surface area contributed by atoms with E-state index in [4.69, 9.17) is 34.8 Å². The van der Waals surface area contributed by atoms with E-state index in [9.17, 15) is 4.79 Å². The number of halogens is 3. The lowest BCUT2D eigenvalue weighted by Crippen LogP contribution is -2.27. The quantitative estimate of drug-likeness (QED) is 0.864. The highest BCUT2D eigenvalue weighted by molar-refractivity contribution is 6.67. The van der Waals surface area contributed by atoms with Crippen molar-refractivity contribution in [3.05, 3.63) is 35.9 Å². The molecule has 0 radical (unpaired) electrons. The van der Waals surface area contributed by atoms with Crippen LogP contribution in [-0.2, 0) is 11.3 Å². The van der Waals surface area contributed by atoms with E-state index >= 15 is 0 Å². The van der Waals surface area contributed by atoms with Gasteiger partial charge in [0.05, 0.1) is 0 Å². The third-order valence-corrected chi connectivity index (χ3v) is 1.97. The number of amides is 1. The zero-order chi connectivity index (χ0) is 12.0. The maximum absolute atomic E-state index is 11.2. The SMILES string of the molecule is O=C(NCc1ccccc1)OCC(Cl)(Cl)Cl. The minimum absolute atomic E-state index is 0.279. The second kappa shape index (κ2) is 6.18. The van der Waals surface area contributed by atoms with Crippen LogP contribution >= 0.6 is 34.8 Å². The highest BCUT2D eigenvalue weighted by atomic mass is 35.6. The summed E-state index contributed by atoms with van der Waals surface area (Å²) in [4.78, 5) is 11.2. The van der Waals surface area contributed by atoms with Gasteiger partial charge in [-0.25, -0.2) is 4.79 Å². The summed E-state index contributed by atoms with van der Waals surface area (Å²) in [6.07, 6.45) is -0.616. The van der Waals surface area contributed by atoms with Crippen LogP contribution in [0.25, 0.3) is 0 Å². The lowest BCUT2D eigenvalue weighted by molar-refractivity contribution is 0.148. The average Bonchev–Trinajstić information content (AvgIpc) is 2.24. The molecule has 0 aliphatic carbocycles. The van der Waals surface area contributed by atoms with Gasteiger partial charge < -0.3 is 10.1 Å². The van der Waals surface area contributed by atoms with E-state index in [0.717, 1.165) is 5.56 Å². The minimum atomic E-state index is -1.58. The molecule has 0 aromatic heterocycles. The van der Waals surface area contributed by atoms with E-state index in [-0.39, 0.29) is 6.61 Å². The van der Waals surface area contributed by atoms with Gasteiger partial charge in [0.2, 0.25) is 3.79 Å². The Labute approximate surface area is 109 Å². The Morgan fingerprint density at radius 2 is 1.88 bits per heavy atom. The van der Waals surface area contributed by atoms with Crippen LogP contribution in [0.1, 0.15) is 5.56 Å². The van der Waals surface area contributed by atoms with E-state index in [1.54, 1.807) is 0 Å². The highest BCUT2D eigenvalue weighted by Gasteiger charge is 2.21. The Morgan fingerprint density at radius 3 is 2.44 bits per heavy atom. The fourth-order valence-electron chi connectivity index (χ4n) is 0.969. The van der Waals surface area contributed by atoms with E-state index in [0.29, 0.717) is 6.54 Å². The van der Waals surface area contributed by atoms with Gasteiger partial charge in [0.1, 0.15) is 6.61 Å². The monoisotopic (exact) mass is 281 g/mol. The number of hydrogen-bond acceptors (Lipinski definition) is 2. The Bertz CT molecular complexity index is 338. The molecule has 6 heteroatoms. The molecule has 0 saturated heterocycles. The molecule has 0 fully saturated rings. The van der Waals surface area contributed by atoms with Crippen LogP contribution in [0.15, 0.2) is 30.3 Å². The second-order valence-electron chi connectivity index (χ2n) is 3.03. The zero-order valence-corrected chi connectivity index (χ0v) is 10.5. The normalized spacial score (nSPS) is 10.9. The smallest absolute Gasteiger partial charge is 0.407 e. The van der Waals surface area contributed by atoms with E-state index in [2.05, 4.69) is 10.1 Å². The molecule has 1 N–H and O–H groups in total. The van der Waals surface area contributed by atoms with Crippen molar-refractivity contribution in [2.24, 2.45) is 0 Å². The third-order valence-electron chi connectivity index (χ3n) is 1.65. The molecular formula is C10H10Cl3NO2. The van der Waals surface area contributed by atoms with Gasteiger partial charge in [-0.15, -0.1) is 0 Å². The van der Waals surface area contributed by atoms with Gasteiger partial charge in [-0.1, -0.05) is 65.1 Å².